The molecule has 0 bridgehead atoms. The molecule has 0 aliphatic carbocycles. The fraction of sp³-hybridized carbons (Fsp3) is 0.500. The summed E-state index contributed by atoms with van der Waals surface area (Å²) in [4.78, 5) is 40.4. The summed E-state index contributed by atoms with van der Waals surface area (Å²) in [5.74, 6) is -1.65. The van der Waals surface area contributed by atoms with Crippen LogP contribution in [0.1, 0.15) is 86.4 Å². The zero-order chi connectivity index (χ0) is 34.3. The molecule has 0 radical (unpaired) electrons. The number of hydrogen-bond acceptors (Lipinski definition) is 4. The van der Waals surface area contributed by atoms with Crippen LogP contribution in [-0.4, -0.2) is 34.8 Å². The topological polar surface area (TPSA) is 66.9 Å². The average Bonchev–Trinajstić information content (AvgIpc) is 3.02. The van der Waals surface area contributed by atoms with Crippen molar-refractivity contribution >= 4 is 23.5 Å². The van der Waals surface area contributed by atoms with Crippen molar-refractivity contribution in [2.45, 2.75) is 90.6 Å². The van der Waals surface area contributed by atoms with E-state index >= 15 is 0 Å². The second-order valence-electron chi connectivity index (χ2n) is 11.8. The Balaban J connectivity index is 2.27. The molecule has 0 spiro atoms. The lowest BCUT2D eigenvalue weighted by atomic mass is 9.94. The van der Waals surface area contributed by atoms with Crippen molar-refractivity contribution in [1.82, 2.24) is 4.90 Å². The number of nitrogens with zero attached hydrogens (tertiary/aromatic N) is 2. The molecule has 1 atom stereocenters. The van der Waals surface area contributed by atoms with Crippen molar-refractivity contribution in [3.05, 3.63) is 63.7 Å². The van der Waals surface area contributed by atoms with E-state index in [9.17, 15) is 53.9 Å². The van der Waals surface area contributed by atoms with Gasteiger partial charge in [-0.25, -0.2) is 4.79 Å². The van der Waals surface area contributed by atoms with Crippen LogP contribution in [0.3, 0.4) is 0 Å². The summed E-state index contributed by atoms with van der Waals surface area (Å²) in [5, 5.41) is 0. The fourth-order valence-corrected chi connectivity index (χ4v) is 5.07. The van der Waals surface area contributed by atoms with Gasteiger partial charge in [-0.3, -0.25) is 14.5 Å². The number of carbonyl (C=O) groups is 3. The monoisotopic (exact) mass is 654 g/mol. The van der Waals surface area contributed by atoms with E-state index in [4.69, 9.17) is 4.74 Å². The van der Waals surface area contributed by atoms with Gasteiger partial charge >= 0.3 is 24.6 Å². The maximum Gasteiger partial charge on any atom is 0.416 e. The standard InChI is InChI=1S/C30H31F9N2O4/c1-16-9-21-23(7-6-8-40(26(44)45-27(3,4)5)24(21)14-22(16)30(37,38)39)41(25(43)10-17(2)42)15-18-11-19(28(31,32)33)13-20(12-18)29(34,35)36/h9,11-14,23H,6-8,10,15H2,1-5H3. The normalized spacial score (nSPS) is 16.1. The van der Waals surface area contributed by atoms with Gasteiger partial charge in [0.15, 0.2) is 0 Å². The van der Waals surface area contributed by atoms with E-state index in [2.05, 4.69) is 0 Å². The lowest BCUT2D eigenvalue weighted by Crippen LogP contribution is -2.38. The number of halogens is 9. The second-order valence-corrected chi connectivity index (χ2v) is 11.8. The van der Waals surface area contributed by atoms with Crippen molar-refractivity contribution in [3.8, 4) is 0 Å². The predicted molar refractivity (Wildman–Crippen MR) is 144 cm³/mol. The molecule has 0 N–H and O–H groups in total. The molecule has 1 aliphatic heterocycles. The number of rotatable bonds is 5. The number of ether oxygens (including phenoxy) is 1. The van der Waals surface area contributed by atoms with Gasteiger partial charge in [-0.2, -0.15) is 39.5 Å². The van der Waals surface area contributed by atoms with Gasteiger partial charge in [0.05, 0.1) is 34.8 Å². The summed E-state index contributed by atoms with van der Waals surface area (Å²) in [6, 6.07) is 1.33. The van der Waals surface area contributed by atoms with E-state index in [0.717, 1.165) is 29.7 Å². The van der Waals surface area contributed by atoms with E-state index in [1.54, 1.807) is 0 Å². The SMILES string of the molecule is CC(=O)CC(=O)N(Cc1cc(C(F)(F)F)cc(C(F)(F)F)c1)C1CCCN(C(=O)OC(C)(C)C)c2cc(C(F)(F)F)c(C)cc21. The molecule has 0 aromatic heterocycles. The molecule has 2 aromatic rings. The summed E-state index contributed by atoms with van der Waals surface area (Å²) in [6.07, 6.45) is -17.0. The van der Waals surface area contributed by atoms with E-state index in [-0.39, 0.29) is 42.3 Å². The molecule has 2 aromatic carbocycles. The van der Waals surface area contributed by atoms with Crippen molar-refractivity contribution in [2.24, 2.45) is 0 Å². The fourth-order valence-electron chi connectivity index (χ4n) is 5.07. The summed E-state index contributed by atoms with van der Waals surface area (Å²) in [7, 11) is 0. The number of ketones is 1. The van der Waals surface area contributed by atoms with Crippen LogP contribution in [0.15, 0.2) is 30.3 Å². The van der Waals surface area contributed by atoms with Gasteiger partial charge in [-0.1, -0.05) is 6.07 Å². The van der Waals surface area contributed by atoms with Crippen molar-refractivity contribution < 1.29 is 58.6 Å². The molecule has 2 amide bonds. The predicted octanol–water partition coefficient (Wildman–Crippen LogP) is 8.64. The third-order valence-electron chi connectivity index (χ3n) is 6.90. The molecule has 1 aliphatic rings. The lowest BCUT2D eigenvalue weighted by Gasteiger charge is -2.34. The minimum Gasteiger partial charge on any atom is -0.443 e. The zero-order valence-corrected chi connectivity index (χ0v) is 24.9. The van der Waals surface area contributed by atoms with Crippen LogP contribution in [-0.2, 0) is 39.4 Å². The number of benzene rings is 2. The lowest BCUT2D eigenvalue weighted by molar-refractivity contribution is -0.143. The Morgan fingerprint density at radius 3 is 1.89 bits per heavy atom. The number of aryl methyl sites for hydroxylation is 1. The zero-order valence-electron chi connectivity index (χ0n) is 24.9. The Hall–Kier alpha value is -3.78. The molecule has 0 saturated carbocycles. The van der Waals surface area contributed by atoms with Crippen LogP contribution in [0.25, 0.3) is 0 Å². The first-order chi connectivity index (χ1) is 20.4. The first-order valence-corrected chi connectivity index (χ1v) is 13.7. The van der Waals surface area contributed by atoms with Crippen LogP contribution in [0.5, 0.6) is 0 Å². The Labute approximate surface area is 253 Å². The minimum absolute atomic E-state index is 0.0243. The number of amides is 2. The number of hydrogen-bond donors (Lipinski definition) is 0. The van der Waals surface area contributed by atoms with Crippen molar-refractivity contribution in [3.63, 3.8) is 0 Å². The third kappa shape index (κ3) is 8.91. The van der Waals surface area contributed by atoms with Gasteiger partial charge in [0.2, 0.25) is 5.91 Å². The highest BCUT2D eigenvalue weighted by atomic mass is 19.4. The Morgan fingerprint density at radius 2 is 1.42 bits per heavy atom. The van der Waals surface area contributed by atoms with Crippen molar-refractivity contribution in [2.75, 3.05) is 11.4 Å². The number of alkyl halides is 9. The van der Waals surface area contributed by atoms with Crippen LogP contribution >= 0.6 is 0 Å². The molecule has 15 heteroatoms. The second kappa shape index (κ2) is 12.5. The summed E-state index contributed by atoms with van der Waals surface area (Å²) >= 11 is 0. The highest BCUT2D eigenvalue weighted by molar-refractivity contribution is 5.97. The molecule has 0 fully saturated rings. The van der Waals surface area contributed by atoms with Gasteiger partial charge in [0.1, 0.15) is 11.4 Å². The maximum absolute atomic E-state index is 14.0. The average molecular weight is 655 g/mol. The molecule has 45 heavy (non-hydrogen) atoms. The quantitative estimate of drug-likeness (QED) is 0.239. The largest absolute Gasteiger partial charge is 0.443 e. The van der Waals surface area contributed by atoms with Crippen LogP contribution in [0.2, 0.25) is 0 Å². The van der Waals surface area contributed by atoms with E-state index < -0.39 is 83.2 Å². The van der Waals surface area contributed by atoms with Crippen molar-refractivity contribution in [1.29, 1.82) is 0 Å². The van der Waals surface area contributed by atoms with Gasteiger partial charge in [0, 0.05) is 13.1 Å². The smallest absolute Gasteiger partial charge is 0.416 e. The van der Waals surface area contributed by atoms with Crippen LogP contribution in [0, 0.1) is 6.92 Å². The first-order valence-electron chi connectivity index (χ1n) is 13.7. The highest BCUT2D eigenvalue weighted by Crippen LogP contribution is 2.44. The molecule has 6 nitrogen and oxygen atoms in total. The highest BCUT2D eigenvalue weighted by Gasteiger charge is 2.40. The van der Waals surface area contributed by atoms with Gasteiger partial charge in [-0.15, -0.1) is 0 Å². The van der Waals surface area contributed by atoms with Crippen LogP contribution < -0.4 is 4.90 Å². The Kier molecular flexibility index (Phi) is 9.95. The third-order valence-corrected chi connectivity index (χ3v) is 6.90. The summed E-state index contributed by atoms with van der Waals surface area (Å²) in [5.41, 5.74) is -6.63. The van der Waals surface area contributed by atoms with Gasteiger partial charge in [0.25, 0.3) is 0 Å². The first kappa shape index (κ1) is 35.7. The van der Waals surface area contributed by atoms with E-state index in [0.29, 0.717) is 18.2 Å². The Morgan fingerprint density at radius 1 is 0.867 bits per heavy atom. The van der Waals surface area contributed by atoms with E-state index in [1.165, 1.54) is 20.8 Å². The molecular weight excluding hydrogens is 623 g/mol. The summed E-state index contributed by atoms with van der Waals surface area (Å²) in [6.45, 7) is 5.75. The number of carbonyl (C=O) groups excluding carboxylic acids is 3. The molecule has 3 rings (SSSR count). The van der Waals surface area contributed by atoms with Gasteiger partial charge < -0.3 is 9.64 Å². The molecule has 248 valence electrons. The number of fused-ring (bicyclic) bond motifs is 1. The van der Waals surface area contributed by atoms with Crippen LogP contribution in [0.4, 0.5) is 50.0 Å². The molecular formula is C30H31F9N2O4. The molecule has 0 saturated heterocycles. The van der Waals surface area contributed by atoms with E-state index in [1.807, 2.05) is 0 Å². The Bertz CT molecular complexity index is 1430. The number of anilines is 1. The maximum atomic E-state index is 14.0. The molecule has 1 heterocycles. The summed E-state index contributed by atoms with van der Waals surface area (Å²) < 4.78 is 129. The molecule has 1 unspecified atom stereocenters. The number of Topliss-reactive ketones (excluding diaryl/α,β-unsaturated/α-hetero) is 1. The minimum atomic E-state index is -5.18. The van der Waals surface area contributed by atoms with Gasteiger partial charge in [-0.05, 0) is 88.4 Å².